The van der Waals surface area contributed by atoms with Gasteiger partial charge in [0.05, 0.1) is 11.1 Å². The summed E-state index contributed by atoms with van der Waals surface area (Å²) in [5, 5.41) is 3.43. The van der Waals surface area contributed by atoms with Crippen molar-refractivity contribution in [3.8, 4) is 0 Å². The van der Waals surface area contributed by atoms with Gasteiger partial charge in [-0.15, -0.1) is 0 Å². The zero-order valence-electron chi connectivity index (χ0n) is 9.99. The molecule has 1 aliphatic heterocycles. The van der Waals surface area contributed by atoms with E-state index in [-0.39, 0.29) is 22.4 Å². The van der Waals surface area contributed by atoms with Crippen LogP contribution in [0.2, 0.25) is 5.02 Å². The van der Waals surface area contributed by atoms with Crippen LogP contribution in [0.15, 0.2) is 42.5 Å². The summed E-state index contributed by atoms with van der Waals surface area (Å²) in [6.45, 7) is 0. The van der Waals surface area contributed by atoms with Crippen LogP contribution in [0.3, 0.4) is 0 Å². The predicted octanol–water partition coefficient (Wildman–Crippen LogP) is 3.70. The summed E-state index contributed by atoms with van der Waals surface area (Å²) in [5.41, 5.74) is 2.27. The topological polar surface area (TPSA) is 29.1 Å². The number of anilines is 1. The van der Waals surface area contributed by atoms with Crippen LogP contribution in [0, 0.1) is 5.82 Å². The quantitative estimate of drug-likeness (QED) is 0.847. The van der Waals surface area contributed by atoms with Crippen molar-refractivity contribution in [3.05, 3.63) is 64.4 Å². The maximum atomic E-state index is 13.2. The zero-order chi connectivity index (χ0) is 13.4. The van der Waals surface area contributed by atoms with Gasteiger partial charge in [0.1, 0.15) is 5.82 Å². The van der Waals surface area contributed by atoms with E-state index in [4.69, 9.17) is 11.6 Å². The SMILES string of the molecule is O=C(c1cc(F)ccc1Cl)C1Cc2ccccc2N1. The van der Waals surface area contributed by atoms with E-state index in [0.29, 0.717) is 6.42 Å². The van der Waals surface area contributed by atoms with Gasteiger partial charge >= 0.3 is 0 Å². The summed E-state index contributed by atoms with van der Waals surface area (Å²) in [6, 6.07) is 11.2. The van der Waals surface area contributed by atoms with Crippen molar-refractivity contribution in [1.29, 1.82) is 0 Å². The standard InChI is InChI=1S/C15H11ClFNO/c16-12-6-5-10(17)8-11(12)15(19)14-7-9-3-1-2-4-13(9)18-14/h1-6,8,14,18H,7H2. The zero-order valence-corrected chi connectivity index (χ0v) is 10.7. The lowest BCUT2D eigenvalue weighted by Crippen LogP contribution is -2.27. The molecule has 0 aliphatic carbocycles. The van der Waals surface area contributed by atoms with Crippen molar-refractivity contribution in [2.75, 3.05) is 5.32 Å². The Morgan fingerprint density at radius 1 is 1.26 bits per heavy atom. The molecule has 0 saturated carbocycles. The Morgan fingerprint density at radius 2 is 2.05 bits per heavy atom. The fraction of sp³-hybridized carbons (Fsp3) is 0.133. The highest BCUT2D eigenvalue weighted by atomic mass is 35.5. The molecular weight excluding hydrogens is 265 g/mol. The maximum Gasteiger partial charge on any atom is 0.186 e. The van der Waals surface area contributed by atoms with E-state index >= 15 is 0 Å². The molecule has 1 aliphatic rings. The van der Waals surface area contributed by atoms with Crippen molar-refractivity contribution in [1.82, 2.24) is 0 Å². The number of rotatable bonds is 2. The van der Waals surface area contributed by atoms with Crippen molar-refractivity contribution in [2.24, 2.45) is 0 Å². The highest BCUT2D eigenvalue weighted by Crippen LogP contribution is 2.28. The average molecular weight is 276 g/mol. The van der Waals surface area contributed by atoms with Crippen LogP contribution in [-0.4, -0.2) is 11.8 Å². The molecule has 96 valence electrons. The smallest absolute Gasteiger partial charge is 0.186 e. The Balaban J connectivity index is 1.89. The molecule has 4 heteroatoms. The molecule has 0 amide bonds. The molecule has 0 bridgehead atoms. The lowest BCUT2D eigenvalue weighted by molar-refractivity contribution is 0.0971. The van der Waals surface area contributed by atoms with E-state index in [1.165, 1.54) is 18.2 Å². The number of halogens is 2. The molecule has 0 aromatic heterocycles. The van der Waals surface area contributed by atoms with Gasteiger partial charge in [-0.05, 0) is 29.8 Å². The largest absolute Gasteiger partial charge is 0.374 e. The van der Waals surface area contributed by atoms with Crippen LogP contribution >= 0.6 is 11.6 Å². The minimum Gasteiger partial charge on any atom is -0.374 e. The van der Waals surface area contributed by atoms with Gasteiger partial charge in [-0.3, -0.25) is 4.79 Å². The van der Waals surface area contributed by atoms with E-state index in [1.807, 2.05) is 24.3 Å². The number of para-hydroxylation sites is 1. The molecule has 0 radical (unpaired) electrons. The van der Waals surface area contributed by atoms with Gasteiger partial charge in [0, 0.05) is 17.7 Å². The molecule has 1 N–H and O–H groups in total. The van der Waals surface area contributed by atoms with Gasteiger partial charge in [-0.2, -0.15) is 0 Å². The van der Waals surface area contributed by atoms with Crippen LogP contribution in [0.1, 0.15) is 15.9 Å². The van der Waals surface area contributed by atoms with Gasteiger partial charge in [-0.1, -0.05) is 29.8 Å². The van der Waals surface area contributed by atoms with Crippen LogP contribution < -0.4 is 5.32 Å². The van der Waals surface area contributed by atoms with E-state index in [0.717, 1.165) is 11.3 Å². The van der Waals surface area contributed by atoms with Gasteiger partial charge in [-0.25, -0.2) is 4.39 Å². The number of benzene rings is 2. The summed E-state index contributed by atoms with van der Waals surface area (Å²) < 4.78 is 13.2. The average Bonchev–Trinajstić information content (AvgIpc) is 2.84. The number of Topliss-reactive ketones (excluding diaryl/α,β-unsaturated/α-hetero) is 1. The first-order chi connectivity index (χ1) is 9.15. The molecule has 1 atom stereocenters. The van der Waals surface area contributed by atoms with Gasteiger partial charge in [0.2, 0.25) is 0 Å². The first-order valence-corrected chi connectivity index (χ1v) is 6.36. The number of carbonyl (C=O) groups is 1. The van der Waals surface area contributed by atoms with Gasteiger partial charge < -0.3 is 5.32 Å². The second-order valence-electron chi connectivity index (χ2n) is 4.55. The molecule has 2 nitrogen and oxygen atoms in total. The van der Waals surface area contributed by atoms with Gasteiger partial charge in [0.25, 0.3) is 0 Å². The molecule has 2 aromatic rings. The third-order valence-electron chi connectivity index (χ3n) is 3.28. The van der Waals surface area contributed by atoms with Crippen LogP contribution in [0.25, 0.3) is 0 Å². The summed E-state index contributed by atoms with van der Waals surface area (Å²) >= 11 is 5.97. The summed E-state index contributed by atoms with van der Waals surface area (Å²) in [6.07, 6.45) is 0.599. The fourth-order valence-electron chi connectivity index (χ4n) is 2.33. The van der Waals surface area contributed by atoms with Gasteiger partial charge in [0.15, 0.2) is 5.78 Å². The first kappa shape index (κ1) is 12.2. The summed E-state index contributed by atoms with van der Waals surface area (Å²) in [7, 11) is 0. The fourth-order valence-corrected chi connectivity index (χ4v) is 2.54. The summed E-state index contributed by atoms with van der Waals surface area (Å²) in [4.78, 5) is 12.4. The van der Waals surface area contributed by atoms with Crippen LogP contribution in [0.5, 0.6) is 0 Å². The number of hydrogen-bond donors (Lipinski definition) is 1. The molecule has 0 fully saturated rings. The number of nitrogens with one attached hydrogen (secondary N) is 1. The molecule has 1 heterocycles. The normalized spacial score (nSPS) is 16.8. The number of hydrogen-bond acceptors (Lipinski definition) is 2. The molecule has 0 spiro atoms. The van der Waals surface area contributed by atoms with E-state index in [9.17, 15) is 9.18 Å². The minimum atomic E-state index is -0.455. The Morgan fingerprint density at radius 3 is 2.84 bits per heavy atom. The number of fused-ring (bicyclic) bond motifs is 1. The van der Waals surface area contributed by atoms with Crippen molar-refractivity contribution in [2.45, 2.75) is 12.5 Å². The van der Waals surface area contributed by atoms with Crippen molar-refractivity contribution < 1.29 is 9.18 Å². The third kappa shape index (κ3) is 2.22. The highest BCUT2D eigenvalue weighted by molar-refractivity contribution is 6.34. The lowest BCUT2D eigenvalue weighted by atomic mass is 10.0. The predicted molar refractivity (Wildman–Crippen MR) is 73.3 cm³/mol. The second-order valence-corrected chi connectivity index (χ2v) is 4.95. The Hall–Kier alpha value is -1.87. The monoisotopic (exact) mass is 275 g/mol. The lowest BCUT2D eigenvalue weighted by Gasteiger charge is -2.11. The Bertz CT molecular complexity index is 631. The van der Waals surface area contributed by atoms with Crippen molar-refractivity contribution in [3.63, 3.8) is 0 Å². The first-order valence-electron chi connectivity index (χ1n) is 5.99. The highest BCUT2D eigenvalue weighted by Gasteiger charge is 2.28. The number of carbonyl (C=O) groups excluding carboxylic acids is 1. The third-order valence-corrected chi connectivity index (χ3v) is 3.61. The van der Waals surface area contributed by atoms with Crippen molar-refractivity contribution >= 4 is 23.1 Å². The van der Waals surface area contributed by atoms with E-state index in [2.05, 4.69) is 5.32 Å². The Kier molecular flexibility index (Phi) is 2.99. The second kappa shape index (κ2) is 4.67. The van der Waals surface area contributed by atoms with Crippen LogP contribution in [-0.2, 0) is 6.42 Å². The number of ketones is 1. The maximum absolute atomic E-state index is 13.2. The molecule has 3 rings (SSSR count). The van der Waals surface area contributed by atoms with Crippen LogP contribution in [0.4, 0.5) is 10.1 Å². The van der Waals surface area contributed by atoms with E-state index in [1.54, 1.807) is 0 Å². The minimum absolute atomic E-state index is 0.180. The molecule has 1 unspecified atom stereocenters. The molecular formula is C15H11ClFNO. The summed E-state index contributed by atoms with van der Waals surface area (Å²) in [5.74, 6) is -0.635. The molecule has 0 saturated heterocycles. The molecule has 2 aromatic carbocycles. The van der Waals surface area contributed by atoms with E-state index < -0.39 is 5.82 Å². The molecule has 19 heavy (non-hydrogen) atoms. The Labute approximate surface area is 115 Å².